The van der Waals surface area contributed by atoms with Gasteiger partial charge in [0.15, 0.2) is 0 Å². The van der Waals surface area contributed by atoms with Gasteiger partial charge in [0.25, 0.3) is 0 Å². The van der Waals surface area contributed by atoms with Crippen LogP contribution in [0.15, 0.2) is 0 Å². The third kappa shape index (κ3) is 4.46. The highest BCUT2D eigenvalue weighted by Gasteiger charge is 2.41. The second-order valence-corrected chi connectivity index (χ2v) is 7.09. The lowest BCUT2D eigenvalue weighted by Crippen LogP contribution is -2.44. The maximum absolute atomic E-state index is 6.18. The van der Waals surface area contributed by atoms with Crippen molar-refractivity contribution in [3.8, 4) is 0 Å². The summed E-state index contributed by atoms with van der Waals surface area (Å²) < 4.78 is 6.18. The Morgan fingerprint density at radius 1 is 1.15 bits per heavy atom. The van der Waals surface area contributed by atoms with Gasteiger partial charge in [0.05, 0.1) is 5.60 Å². The summed E-state index contributed by atoms with van der Waals surface area (Å²) in [6, 6.07) is 0.720. The Bertz CT molecular complexity index is 260. The van der Waals surface area contributed by atoms with E-state index in [9.17, 15) is 0 Å². The van der Waals surface area contributed by atoms with Crippen LogP contribution in [0, 0.1) is 5.92 Å². The molecule has 2 unspecified atom stereocenters. The summed E-state index contributed by atoms with van der Waals surface area (Å²) in [4.78, 5) is 0. The van der Waals surface area contributed by atoms with Crippen LogP contribution in [-0.4, -0.2) is 25.3 Å². The van der Waals surface area contributed by atoms with Gasteiger partial charge in [-0.2, -0.15) is 0 Å². The zero-order valence-corrected chi connectivity index (χ0v) is 13.8. The van der Waals surface area contributed by atoms with Gasteiger partial charge in [-0.05, 0) is 45.1 Å². The first-order valence-electron chi connectivity index (χ1n) is 9.11. The quantitative estimate of drug-likeness (QED) is 0.653. The molecule has 1 N–H and O–H groups in total. The molecule has 0 aromatic carbocycles. The van der Waals surface area contributed by atoms with Crippen LogP contribution in [0.2, 0.25) is 0 Å². The van der Waals surface area contributed by atoms with Crippen molar-refractivity contribution in [3.05, 3.63) is 0 Å². The SMILES string of the molecule is CCCCCCCC(NC)C1CCOC2(CCCC2)C1. The molecule has 0 aromatic heterocycles. The molecule has 0 radical (unpaired) electrons. The van der Waals surface area contributed by atoms with Crippen molar-refractivity contribution >= 4 is 0 Å². The van der Waals surface area contributed by atoms with Crippen LogP contribution >= 0.6 is 0 Å². The molecule has 1 aliphatic carbocycles. The highest BCUT2D eigenvalue weighted by Crippen LogP contribution is 2.43. The summed E-state index contributed by atoms with van der Waals surface area (Å²) >= 11 is 0. The maximum Gasteiger partial charge on any atom is 0.0685 e. The average molecular weight is 281 g/mol. The lowest BCUT2D eigenvalue weighted by Gasteiger charge is -2.41. The summed E-state index contributed by atoms with van der Waals surface area (Å²) in [5.41, 5.74) is 0.278. The first-order chi connectivity index (χ1) is 9.79. The smallest absolute Gasteiger partial charge is 0.0685 e. The molecule has 0 aromatic rings. The van der Waals surface area contributed by atoms with Gasteiger partial charge in [-0.1, -0.05) is 51.9 Å². The van der Waals surface area contributed by atoms with E-state index in [-0.39, 0.29) is 5.60 Å². The van der Waals surface area contributed by atoms with Crippen molar-refractivity contribution in [1.82, 2.24) is 5.32 Å². The third-order valence-electron chi connectivity index (χ3n) is 5.60. The van der Waals surface area contributed by atoms with Gasteiger partial charge in [0, 0.05) is 12.6 Å². The van der Waals surface area contributed by atoms with Gasteiger partial charge < -0.3 is 10.1 Å². The fourth-order valence-corrected chi connectivity index (χ4v) is 4.36. The first kappa shape index (κ1) is 16.3. The average Bonchev–Trinajstić information content (AvgIpc) is 2.91. The molecule has 118 valence electrons. The minimum Gasteiger partial charge on any atom is -0.375 e. The van der Waals surface area contributed by atoms with Crippen LogP contribution in [0.3, 0.4) is 0 Å². The van der Waals surface area contributed by atoms with Crippen LogP contribution < -0.4 is 5.32 Å². The van der Waals surface area contributed by atoms with E-state index in [0.29, 0.717) is 0 Å². The minimum atomic E-state index is 0.278. The Hall–Kier alpha value is -0.0800. The first-order valence-corrected chi connectivity index (χ1v) is 9.11. The molecule has 2 heteroatoms. The summed E-state index contributed by atoms with van der Waals surface area (Å²) in [6.07, 6.45) is 16.3. The summed E-state index contributed by atoms with van der Waals surface area (Å²) in [6.45, 7) is 3.29. The predicted molar refractivity (Wildman–Crippen MR) is 86.1 cm³/mol. The highest BCUT2D eigenvalue weighted by molar-refractivity contribution is 4.94. The fourth-order valence-electron chi connectivity index (χ4n) is 4.36. The van der Waals surface area contributed by atoms with Crippen LogP contribution in [0.4, 0.5) is 0 Å². The molecule has 1 aliphatic heterocycles. The molecule has 1 spiro atoms. The van der Waals surface area contributed by atoms with Gasteiger partial charge >= 0.3 is 0 Å². The molecule has 2 fully saturated rings. The molecular weight excluding hydrogens is 246 g/mol. The molecule has 20 heavy (non-hydrogen) atoms. The standard InChI is InChI=1S/C18H35NO/c1-3-4-5-6-7-10-17(19-2)16-11-14-20-18(15-16)12-8-9-13-18/h16-17,19H,3-15H2,1-2H3. The van der Waals surface area contributed by atoms with E-state index in [0.717, 1.165) is 18.6 Å². The van der Waals surface area contributed by atoms with E-state index in [1.54, 1.807) is 0 Å². The second-order valence-electron chi connectivity index (χ2n) is 7.09. The Balaban J connectivity index is 1.75. The Labute approximate surface area is 126 Å². The molecule has 0 bridgehead atoms. The maximum atomic E-state index is 6.18. The van der Waals surface area contributed by atoms with Crippen molar-refractivity contribution < 1.29 is 4.74 Å². The van der Waals surface area contributed by atoms with Crippen molar-refractivity contribution in [1.29, 1.82) is 0 Å². The number of rotatable bonds is 8. The molecule has 2 rings (SSSR count). The van der Waals surface area contributed by atoms with Gasteiger partial charge in [-0.25, -0.2) is 0 Å². The normalized spacial score (nSPS) is 27.0. The molecule has 2 aliphatic rings. The second kappa shape index (κ2) is 8.38. The number of hydrogen-bond acceptors (Lipinski definition) is 2. The Morgan fingerprint density at radius 2 is 1.90 bits per heavy atom. The number of hydrogen-bond donors (Lipinski definition) is 1. The lowest BCUT2D eigenvalue weighted by molar-refractivity contribution is -0.0980. The Kier molecular flexibility index (Phi) is 6.83. The van der Waals surface area contributed by atoms with Gasteiger partial charge in [0.1, 0.15) is 0 Å². The molecule has 2 atom stereocenters. The van der Waals surface area contributed by atoms with Crippen molar-refractivity contribution in [2.45, 2.75) is 95.6 Å². The number of nitrogens with one attached hydrogen (secondary N) is 1. The summed E-state index contributed by atoms with van der Waals surface area (Å²) in [5.74, 6) is 0.845. The van der Waals surface area contributed by atoms with E-state index in [1.807, 2.05) is 0 Å². The molecule has 1 saturated heterocycles. The monoisotopic (exact) mass is 281 g/mol. The Morgan fingerprint density at radius 3 is 2.60 bits per heavy atom. The molecule has 2 nitrogen and oxygen atoms in total. The minimum absolute atomic E-state index is 0.278. The molecule has 0 amide bonds. The van der Waals surface area contributed by atoms with Crippen molar-refractivity contribution in [3.63, 3.8) is 0 Å². The van der Waals surface area contributed by atoms with Crippen molar-refractivity contribution in [2.24, 2.45) is 5.92 Å². The number of ether oxygens (including phenoxy) is 1. The van der Waals surface area contributed by atoms with Crippen LogP contribution in [-0.2, 0) is 4.74 Å². The summed E-state index contributed by atoms with van der Waals surface area (Å²) in [7, 11) is 2.16. The van der Waals surface area contributed by atoms with Crippen molar-refractivity contribution in [2.75, 3.05) is 13.7 Å². The van der Waals surface area contributed by atoms with E-state index >= 15 is 0 Å². The van der Waals surface area contributed by atoms with E-state index in [1.165, 1.54) is 77.0 Å². The largest absolute Gasteiger partial charge is 0.375 e. The highest BCUT2D eigenvalue weighted by atomic mass is 16.5. The predicted octanol–water partition coefficient (Wildman–Crippen LogP) is 4.67. The van der Waals surface area contributed by atoms with Crippen LogP contribution in [0.5, 0.6) is 0 Å². The van der Waals surface area contributed by atoms with Gasteiger partial charge in [0.2, 0.25) is 0 Å². The van der Waals surface area contributed by atoms with Crippen LogP contribution in [0.1, 0.15) is 84.0 Å². The van der Waals surface area contributed by atoms with Crippen LogP contribution in [0.25, 0.3) is 0 Å². The van der Waals surface area contributed by atoms with Gasteiger partial charge in [-0.3, -0.25) is 0 Å². The zero-order chi connectivity index (χ0) is 14.3. The van der Waals surface area contributed by atoms with E-state index in [4.69, 9.17) is 4.74 Å². The molecular formula is C18H35NO. The van der Waals surface area contributed by atoms with E-state index in [2.05, 4.69) is 19.3 Å². The third-order valence-corrected chi connectivity index (χ3v) is 5.60. The zero-order valence-electron chi connectivity index (χ0n) is 13.8. The fraction of sp³-hybridized carbons (Fsp3) is 1.00. The van der Waals surface area contributed by atoms with Gasteiger partial charge in [-0.15, -0.1) is 0 Å². The topological polar surface area (TPSA) is 21.3 Å². The summed E-state index contributed by atoms with van der Waals surface area (Å²) in [5, 5.41) is 3.61. The lowest BCUT2D eigenvalue weighted by atomic mass is 9.79. The molecule has 1 saturated carbocycles. The number of unbranched alkanes of at least 4 members (excludes halogenated alkanes) is 4. The van der Waals surface area contributed by atoms with E-state index < -0.39 is 0 Å². The molecule has 1 heterocycles.